The first-order valence-electron chi connectivity index (χ1n) is 12.9. The SMILES string of the molecule is O=C(NCCCCc1ccccc1)Nc1cccc(CCNCC(O)c2ccc(O)c3[nH]c(=O)ccc23)c1. The van der Waals surface area contributed by atoms with Crippen LogP contribution in [0.15, 0.2) is 83.7 Å². The van der Waals surface area contributed by atoms with Gasteiger partial charge in [-0.25, -0.2) is 4.79 Å². The van der Waals surface area contributed by atoms with Crippen LogP contribution in [0.1, 0.15) is 35.6 Å². The Morgan fingerprint density at radius 3 is 2.53 bits per heavy atom. The fourth-order valence-electron chi connectivity index (χ4n) is 4.41. The molecule has 38 heavy (non-hydrogen) atoms. The maximum absolute atomic E-state index is 12.3. The number of unbranched alkanes of at least 4 members (excludes halogenated alkanes) is 1. The lowest BCUT2D eigenvalue weighted by molar-refractivity contribution is 0.176. The van der Waals surface area contributed by atoms with Crippen molar-refractivity contribution in [1.82, 2.24) is 15.6 Å². The van der Waals surface area contributed by atoms with Gasteiger partial charge in [0, 0.05) is 30.2 Å². The molecule has 0 aliphatic rings. The van der Waals surface area contributed by atoms with Crippen LogP contribution in [0.2, 0.25) is 0 Å². The third kappa shape index (κ3) is 7.68. The van der Waals surface area contributed by atoms with E-state index in [-0.39, 0.29) is 17.3 Å². The van der Waals surface area contributed by atoms with Gasteiger partial charge in [0.15, 0.2) is 0 Å². The summed E-state index contributed by atoms with van der Waals surface area (Å²) in [6.07, 6.45) is 2.84. The second-order valence-corrected chi connectivity index (χ2v) is 9.28. The van der Waals surface area contributed by atoms with Crippen molar-refractivity contribution in [2.75, 3.05) is 25.0 Å². The molecule has 0 aliphatic heterocycles. The molecule has 1 unspecified atom stereocenters. The van der Waals surface area contributed by atoms with Crippen molar-refractivity contribution in [3.63, 3.8) is 0 Å². The predicted molar refractivity (Wildman–Crippen MR) is 151 cm³/mol. The van der Waals surface area contributed by atoms with Gasteiger partial charge in [-0.15, -0.1) is 0 Å². The Hall–Kier alpha value is -4.14. The second-order valence-electron chi connectivity index (χ2n) is 9.28. The first-order valence-corrected chi connectivity index (χ1v) is 12.9. The molecule has 8 nitrogen and oxygen atoms in total. The highest BCUT2D eigenvalue weighted by molar-refractivity contribution is 5.89. The summed E-state index contributed by atoms with van der Waals surface area (Å²) >= 11 is 0. The fraction of sp³-hybridized carbons (Fsp3) is 0.267. The molecular weight excluding hydrogens is 480 g/mol. The summed E-state index contributed by atoms with van der Waals surface area (Å²) in [5, 5.41) is 30.4. The number of urea groups is 1. The minimum absolute atomic E-state index is 0.0353. The number of anilines is 1. The van der Waals surface area contributed by atoms with Crippen molar-refractivity contribution in [3.8, 4) is 5.75 Å². The number of phenols is 1. The number of hydrogen-bond donors (Lipinski definition) is 6. The molecule has 6 N–H and O–H groups in total. The minimum Gasteiger partial charge on any atom is -0.506 e. The summed E-state index contributed by atoms with van der Waals surface area (Å²) in [6, 6.07) is 23.9. The van der Waals surface area contributed by atoms with Crippen LogP contribution in [0.5, 0.6) is 5.75 Å². The largest absolute Gasteiger partial charge is 0.506 e. The van der Waals surface area contributed by atoms with Gasteiger partial charge >= 0.3 is 6.03 Å². The average Bonchev–Trinajstić information content (AvgIpc) is 2.92. The molecule has 4 aromatic rings. The Bertz CT molecular complexity index is 1400. The number of carbonyl (C=O) groups is 1. The summed E-state index contributed by atoms with van der Waals surface area (Å²) in [5.41, 5.74) is 3.72. The number of hydrogen-bond acceptors (Lipinski definition) is 5. The highest BCUT2D eigenvalue weighted by Gasteiger charge is 2.13. The number of rotatable bonds is 12. The van der Waals surface area contributed by atoms with Crippen molar-refractivity contribution < 1.29 is 15.0 Å². The monoisotopic (exact) mass is 514 g/mol. The second kappa shape index (κ2) is 13.4. The van der Waals surface area contributed by atoms with E-state index in [2.05, 4.69) is 33.1 Å². The van der Waals surface area contributed by atoms with E-state index in [0.29, 0.717) is 42.5 Å². The van der Waals surface area contributed by atoms with Crippen LogP contribution >= 0.6 is 0 Å². The maximum atomic E-state index is 12.3. The van der Waals surface area contributed by atoms with Crippen molar-refractivity contribution in [1.29, 1.82) is 0 Å². The first kappa shape index (κ1) is 26.9. The number of nitrogens with one attached hydrogen (secondary N) is 4. The van der Waals surface area contributed by atoms with E-state index in [9.17, 15) is 19.8 Å². The number of fused-ring (bicyclic) bond motifs is 1. The van der Waals surface area contributed by atoms with Gasteiger partial charge in [-0.05, 0) is 73.2 Å². The molecule has 2 amide bonds. The summed E-state index contributed by atoms with van der Waals surface area (Å²) in [4.78, 5) is 26.5. The van der Waals surface area contributed by atoms with Crippen LogP contribution in [0.3, 0.4) is 0 Å². The molecule has 0 bridgehead atoms. The van der Waals surface area contributed by atoms with Gasteiger partial charge in [-0.3, -0.25) is 4.79 Å². The molecule has 198 valence electrons. The Balaban J connectivity index is 1.18. The molecule has 0 radical (unpaired) electrons. The molecule has 1 heterocycles. The molecule has 0 aliphatic carbocycles. The zero-order valence-corrected chi connectivity index (χ0v) is 21.2. The van der Waals surface area contributed by atoms with E-state index in [0.717, 1.165) is 30.5 Å². The first-order chi connectivity index (χ1) is 18.5. The number of phenolic OH excluding ortho intramolecular Hbond substituents is 1. The lowest BCUT2D eigenvalue weighted by Gasteiger charge is -2.15. The smallest absolute Gasteiger partial charge is 0.319 e. The van der Waals surface area contributed by atoms with Gasteiger partial charge in [-0.2, -0.15) is 0 Å². The number of benzene rings is 3. The van der Waals surface area contributed by atoms with Crippen LogP contribution in [-0.2, 0) is 12.8 Å². The molecule has 0 spiro atoms. The van der Waals surface area contributed by atoms with E-state index >= 15 is 0 Å². The molecule has 4 rings (SSSR count). The van der Waals surface area contributed by atoms with Crippen molar-refractivity contribution in [2.24, 2.45) is 0 Å². The average molecular weight is 515 g/mol. The number of aromatic hydroxyl groups is 1. The number of aryl methyl sites for hydroxylation is 1. The van der Waals surface area contributed by atoms with Crippen molar-refractivity contribution >= 4 is 22.6 Å². The number of amides is 2. The lowest BCUT2D eigenvalue weighted by atomic mass is 10.0. The van der Waals surface area contributed by atoms with E-state index in [1.165, 1.54) is 17.7 Å². The highest BCUT2D eigenvalue weighted by atomic mass is 16.3. The molecule has 0 fully saturated rings. The van der Waals surface area contributed by atoms with Gasteiger partial charge in [0.05, 0.1) is 11.6 Å². The number of H-pyrrole nitrogens is 1. The summed E-state index contributed by atoms with van der Waals surface area (Å²) in [5.74, 6) is -0.0353. The van der Waals surface area contributed by atoms with Gasteiger partial charge in [0.2, 0.25) is 5.56 Å². The third-order valence-corrected chi connectivity index (χ3v) is 6.40. The molecule has 3 aromatic carbocycles. The number of aromatic nitrogens is 1. The number of aliphatic hydroxyl groups excluding tert-OH is 1. The van der Waals surface area contributed by atoms with E-state index in [1.807, 2.05) is 42.5 Å². The molecular formula is C30H34N4O4. The molecule has 0 saturated carbocycles. The van der Waals surface area contributed by atoms with Crippen LogP contribution in [0.4, 0.5) is 10.5 Å². The number of aromatic amines is 1. The zero-order chi connectivity index (χ0) is 26.7. The van der Waals surface area contributed by atoms with Crippen molar-refractivity contribution in [2.45, 2.75) is 31.8 Å². The van der Waals surface area contributed by atoms with Gasteiger partial charge in [0.1, 0.15) is 5.75 Å². The number of carbonyl (C=O) groups excluding carboxylic acids is 1. The van der Waals surface area contributed by atoms with Gasteiger partial charge < -0.3 is 31.1 Å². The highest BCUT2D eigenvalue weighted by Crippen LogP contribution is 2.28. The minimum atomic E-state index is -0.812. The number of aliphatic hydroxyl groups is 1. The van der Waals surface area contributed by atoms with E-state index in [1.54, 1.807) is 12.1 Å². The molecule has 1 atom stereocenters. The summed E-state index contributed by atoms with van der Waals surface area (Å²) in [6.45, 7) is 1.56. The van der Waals surface area contributed by atoms with E-state index < -0.39 is 6.10 Å². The fourth-order valence-corrected chi connectivity index (χ4v) is 4.41. The Labute approximate surface area is 221 Å². The topological polar surface area (TPSA) is 126 Å². The standard InChI is InChI=1S/C30H34N4O4/c35-26-14-12-24(25-13-15-28(37)34-29(25)26)27(36)20-31-18-16-22-10-6-11-23(19-22)33-30(38)32-17-5-4-9-21-7-2-1-3-8-21/h1-3,6-8,10-15,19,27,31,35-36H,4-5,9,16-18,20H2,(H,34,37)(H2,32,33,38). The molecule has 0 saturated heterocycles. The van der Waals surface area contributed by atoms with Gasteiger partial charge in [0.25, 0.3) is 0 Å². The van der Waals surface area contributed by atoms with E-state index in [4.69, 9.17) is 0 Å². The quantitative estimate of drug-likeness (QED) is 0.158. The Morgan fingerprint density at radius 2 is 1.68 bits per heavy atom. The van der Waals surface area contributed by atoms with Crippen LogP contribution in [0, 0.1) is 0 Å². The predicted octanol–water partition coefficient (Wildman–Crippen LogP) is 4.24. The molecule has 8 heteroatoms. The summed E-state index contributed by atoms with van der Waals surface area (Å²) < 4.78 is 0. The van der Waals surface area contributed by atoms with Crippen LogP contribution in [0.25, 0.3) is 10.9 Å². The molecule has 1 aromatic heterocycles. The maximum Gasteiger partial charge on any atom is 0.319 e. The number of pyridine rings is 1. The Morgan fingerprint density at radius 1 is 0.868 bits per heavy atom. The zero-order valence-electron chi connectivity index (χ0n) is 21.2. The van der Waals surface area contributed by atoms with Crippen LogP contribution < -0.4 is 21.5 Å². The third-order valence-electron chi connectivity index (χ3n) is 6.40. The summed E-state index contributed by atoms with van der Waals surface area (Å²) in [7, 11) is 0. The normalized spacial score (nSPS) is 11.8. The lowest BCUT2D eigenvalue weighted by Crippen LogP contribution is -2.29. The Kier molecular flexibility index (Phi) is 9.50. The van der Waals surface area contributed by atoms with Crippen molar-refractivity contribution in [3.05, 3.63) is 106 Å². The van der Waals surface area contributed by atoms with Crippen LogP contribution in [-0.4, -0.2) is 40.9 Å². The van der Waals surface area contributed by atoms with Gasteiger partial charge in [-0.1, -0.05) is 48.5 Å².